The first-order valence-corrected chi connectivity index (χ1v) is 4.72. The fraction of sp³-hybridized carbons (Fsp3) is 0.455. The Balaban J connectivity index is 0.000000845. The highest BCUT2D eigenvalue weighted by molar-refractivity contribution is 5.85. The molecular weight excluding hydrogens is 182 g/mol. The summed E-state index contributed by atoms with van der Waals surface area (Å²) in [6.45, 7) is 2.35. The van der Waals surface area contributed by atoms with Crippen LogP contribution in [0.1, 0.15) is 24.3 Å². The third-order valence-corrected chi connectivity index (χ3v) is 2.57. The molecule has 1 aromatic rings. The summed E-state index contributed by atoms with van der Waals surface area (Å²) in [4.78, 5) is 0. The molecule has 0 saturated carbocycles. The van der Waals surface area contributed by atoms with E-state index in [1.807, 2.05) is 0 Å². The first-order valence-electron chi connectivity index (χ1n) is 4.72. The lowest BCUT2D eigenvalue weighted by molar-refractivity contribution is 0.461. The number of halogens is 1. The zero-order chi connectivity index (χ0) is 8.23. The van der Waals surface area contributed by atoms with E-state index in [2.05, 4.69) is 35.6 Å². The van der Waals surface area contributed by atoms with E-state index in [1.54, 1.807) is 0 Å². The second-order valence-corrected chi connectivity index (χ2v) is 3.45. The lowest BCUT2D eigenvalue weighted by atomic mass is 9.92. The topological polar surface area (TPSA) is 12.0 Å². The molecule has 1 N–H and O–H groups in total. The zero-order valence-electron chi connectivity index (χ0n) is 7.70. The summed E-state index contributed by atoms with van der Waals surface area (Å²) in [5.74, 6) is 0.750. The maximum atomic E-state index is 3.43. The van der Waals surface area contributed by atoms with Gasteiger partial charge in [-0.25, -0.2) is 0 Å². The summed E-state index contributed by atoms with van der Waals surface area (Å²) in [5.41, 5.74) is 1.49. The number of hydrogen-bond acceptors (Lipinski definition) is 1. The Hall–Kier alpha value is -0.530. The van der Waals surface area contributed by atoms with Gasteiger partial charge in [-0.3, -0.25) is 0 Å². The normalized spacial score (nSPS) is 22.0. The molecule has 0 radical (unpaired) electrons. The van der Waals surface area contributed by atoms with Crippen LogP contribution in [0.2, 0.25) is 0 Å². The lowest BCUT2D eigenvalue weighted by Crippen LogP contribution is -2.28. The molecule has 0 unspecified atom stereocenters. The Morgan fingerprint density at radius 3 is 2.54 bits per heavy atom. The molecule has 13 heavy (non-hydrogen) atoms. The smallest absolute Gasteiger partial charge is 0.00201 e. The van der Waals surface area contributed by atoms with Gasteiger partial charge in [-0.1, -0.05) is 30.3 Å². The minimum absolute atomic E-state index is 0. The Morgan fingerprint density at radius 2 is 1.92 bits per heavy atom. The molecule has 1 aromatic carbocycles. The second kappa shape index (κ2) is 5.25. The minimum Gasteiger partial charge on any atom is -0.316 e. The van der Waals surface area contributed by atoms with E-state index in [4.69, 9.17) is 0 Å². The number of benzene rings is 1. The Bertz CT molecular complexity index is 229. The molecule has 1 atom stereocenters. The van der Waals surface area contributed by atoms with Crippen molar-refractivity contribution in [2.24, 2.45) is 0 Å². The molecule has 0 aliphatic carbocycles. The standard InChI is InChI=1S/C11H15N.ClH/c1-2-5-10(6-3-1)11-7-4-8-12-9-11;/h1-3,5-6,11-12H,4,7-9H2;1H/t11-;/m1./s1. The number of rotatable bonds is 1. The molecule has 72 valence electrons. The highest BCUT2D eigenvalue weighted by Gasteiger charge is 2.13. The van der Waals surface area contributed by atoms with E-state index in [-0.39, 0.29) is 12.4 Å². The van der Waals surface area contributed by atoms with Crippen LogP contribution in [0.5, 0.6) is 0 Å². The van der Waals surface area contributed by atoms with Gasteiger partial charge in [0, 0.05) is 6.54 Å². The van der Waals surface area contributed by atoms with Crippen LogP contribution < -0.4 is 5.32 Å². The Kier molecular flexibility index (Phi) is 4.26. The van der Waals surface area contributed by atoms with Crippen molar-refractivity contribution in [3.63, 3.8) is 0 Å². The lowest BCUT2D eigenvalue weighted by Gasteiger charge is -2.22. The Morgan fingerprint density at radius 1 is 1.15 bits per heavy atom. The van der Waals surface area contributed by atoms with Gasteiger partial charge in [0.15, 0.2) is 0 Å². The summed E-state index contributed by atoms with van der Waals surface area (Å²) in [5, 5.41) is 3.43. The average Bonchev–Trinajstić information content (AvgIpc) is 2.21. The molecule has 2 heteroatoms. The molecule has 0 bridgehead atoms. The molecule has 1 aliphatic heterocycles. The van der Waals surface area contributed by atoms with E-state index >= 15 is 0 Å². The van der Waals surface area contributed by atoms with E-state index in [9.17, 15) is 0 Å². The van der Waals surface area contributed by atoms with Crippen LogP contribution in [-0.4, -0.2) is 13.1 Å². The maximum Gasteiger partial charge on any atom is 0.00201 e. The molecule has 1 heterocycles. The van der Waals surface area contributed by atoms with Crippen LogP contribution in [0, 0.1) is 0 Å². The van der Waals surface area contributed by atoms with Crippen molar-refractivity contribution in [1.29, 1.82) is 0 Å². The van der Waals surface area contributed by atoms with Crippen molar-refractivity contribution in [3.05, 3.63) is 35.9 Å². The van der Waals surface area contributed by atoms with Crippen molar-refractivity contribution in [3.8, 4) is 0 Å². The predicted molar refractivity (Wildman–Crippen MR) is 58.5 cm³/mol. The van der Waals surface area contributed by atoms with Gasteiger partial charge >= 0.3 is 0 Å². The highest BCUT2D eigenvalue weighted by Crippen LogP contribution is 2.22. The highest BCUT2D eigenvalue weighted by atomic mass is 35.5. The molecular formula is C11H16ClN. The summed E-state index contributed by atoms with van der Waals surface area (Å²) < 4.78 is 0. The van der Waals surface area contributed by atoms with Gasteiger partial charge in [0.2, 0.25) is 0 Å². The van der Waals surface area contributed by atoms with Crippen LogP contribution in [-0.2, 0) is 0 Å². The minimum atomic E-state index is 0. The van der Waals surface area contributed by atoms with E-state index in [1.165, 1.54) is 24.9 Å². The van der Waals surface area contributed by atoms with Gasteiger partial charge in [0.05, 0.1) is 0 Å². The summed E-state index contributed by atoms with van der Waals surface area (Å²) >= 11 is 0. The first kappa shape index (κ1) is 10.6. The molecule has 0 spiro atoms. The summed E-state index contributed by atoms with van der Waals surface area (Å²) in [6.07, 6.45) is 2.66. The number of nitrogens with one attached hydrogen (secondary N) is 1. The SMILES string of the molecule is Cl.c1ccc([C@@H]2CCCNC2)cc1. The molecule has 0 amide bonds. The maximum absolute atomic E-state index is 3.43. The predicted octanol–water partition coefficient (Wildman–Crippen LogP) is 2.58. The van der Waals surface area contributed by atoms with Gasteiger partial charge in [-0.15, -0.1) is 12.4 Å². The van der Waals surface area contributed by atoms with Crippen LogP contribution in [0.3, 0.4) is 0 Å². The Labute approximate surface area is 86.0 Å². The third kappa shape index (κ3) is 2.71. The number of hydrogen-bond donors (Lipinski definition) is 1. The van der Waals surface area contributed by atoms with Crippen LogP contribution in [0.25, 0.3) is 0 Å². The van der Waals surface area contributed by atoms with Crippen LogP contribution >= 0.6 is 12.4 Å². The fourth-order valence-electron chi connectivity index (χ4n) is 1.86. The number of piperidine rings is 1. The van der Waals surface area contributed by atoms with E-state index < -0.39 is 0 Å². The third-order valence-electron chi connectivity index (χ3n) is 2.57. The van der Waals surface area contributed by atoms with Crippen molar-refractivity contribution >= 4 is 12.4 Å². The van der Waals surface area contributed by atoms with Gasteiger partial charge in [-0.2, -0.15) is 0 Å². The fourth-order valence-corrected chi connectivity index (χ4v) is 1.86. The van der Waals surface area contributed by atoms with Gasteiger partial charge in [0.1, 0.15) is 0 Å². The second-order valence-electron chi connectivity index (χ2n) is 3.45. The van der Waals surface area contributed by atoms with E-state index in [0.717, 1.165) is 12.5 Å². The van der Waals surface area contributed by atoms with Crippen molar-refractivity contribution < 1.29 is 0 Å². The van der Waals surface area contributed by atoms with Gasteiger partial charge in [-0.05, 0) is 30.9 Å². The monoisotopic (exact) mass is 197 g/mol. The zero-order valence-corrected chi connectivity index (χ0v) is 8.52. The average molecular weight is 198 g/mol. The van der Waals surface area contributed by atoms with Gasteiger partial charge < -0.3 is 5.32 Å². The first-order chi connectivity index (χ1) is 5.97. The molecule has 1 aliphatic rings. The van der Waals surface area contributed by atoms with Crippen molar-refractivity contribution in [1.82, 2.24) is 5.32 Å². The van der Waals surface area contributed by atoms with Crippen molar-refractivity contribution in [2.45, 2.75) is 18.8 Å². The van der Waals surface area contributed by atoms with Crippen LogP contribution in [0.4, 0.5) is 0 Å². The summed E-state index contributed by atoms with van der Waals surface area (Å²) in [6, 6.07) is 10.8. The quantitative estimate of drug-likeness (QED) is 0.730. The van der Waals surface area contributed by atoms with Crippen molar-refractivity contribution in [2.75, 3.05) is 13.1 Å². The molecule has 0 aromatic heterocycles. The molecule has 2 rings (SSSR count). The summed E-state index contributed by atoms with van der Waals surface area (Å²) in [7, 11) is 0. The molecule has 1 nitrogen and oxygen atoms in total. The molecule has 1 fully saturated rings. The van der Waals surface area contributed by atoms with E-state index in [0.29, 0.717) is 0 Å². The largest absolute Gasteiger partial charge is 0.316 e. The van der Waals surface area contributed by atoms with Crippen LogP contribution in [0.15, 0.2) is 30.3 Å². The van der Waals surface area contributed by atoms with Gasteiger partial charge in [0.25, 0.3) is 0 Å². The molecule has 1 saturated heterocycles.